The summed E-state index contributed by atoms with van der Waals surface area (Å²) in [5.74, 6) is -8.55. The first kappa shape index (κ1) is 11.5. The Kier molecular flexibility index (Phi) is 2.99. The van der Waals surface area contributed by atoms with Crippen LogP contribution in [0, 0.1) is 17.5 Å². The molecule has 0 aliphatic rings. The zero-order chi connectivity index (χ0) is 11.7. The summed E-state index contributed by atoms with van der Waals surface area (Å²) in [5, 5.41) is 6.99. The Morgan fingerprint density at radius 2 is 1.73 bits per heavy atom. The lowest BCUT2D eigenvalue weighted by Crippen LogP contribution is -2.15. The van der Waals surface area contributed by atoms with E-state index in [1.165, 1.54) is 0 Å². The molecule has 1 N–H and O–H groups in total. The number of aliphatic carboxylic acids is 1. The molecular weight excluding hydrogens is 237 g/mol. The summed E-state index contributed by atoms with van der Waals surface area (Å²) in [4.78, 5) is 21.0. The van der Waals surface area contributed by atoms with Gasteiger partial charge in [-0.25, -0.2) is 18.0 Å². The van der Waals surface area contributed by atoms with E-state index in [1.54, 1.807) is 0 Å². The monoisotopic (exact) mass is 238 g/mol. The molecule has 0 saturated heterocycles. The van der Waals surface area contributed by atoms with E-state index in [0.29, 0.717) is 0 Å². The summed E-state index contributed by atoms with van der Waals surface area (Å²) >= 11 is 5.00. The third-order valence-corrected chi connectivity index (χ3v) is 1.87. The van der Waals surface area contributed by atoms with E-state index in [-0.39, 0.29) is 6.07 Å². The molecule has 0 fully saturated rings. The Balaban J connectivity index is 3.45. The average molecular weight is 239 g/mol. The van der Waals surface area contributed by atoms with Crippen LogP contribution in [-0.2, 0) is 4.79 Å². The van der Waals surface area contributed by atoms with E-state index in [4.69, 9.17) is 16.7 Å². The van der Waals surface area contributed by atoms with Crippen molar-refractivity contribution in [2.24, 2.45) is 0 Å². The molecule has 0 aromatic heterocycles. The maximum atomic E-state index is 13.0. The Morgan fingerprint density at radius 3 is 2.20 bits per heavy atom. The third kappa shape index (κ3) is 1.94. The second-order valence-corrected chi connectivity index (χ2v) is 2.86. The van der Waals surface area contributed by atoms with Gasteiger partial charge in [0, 0.05) is 0 Å². The molecule has 1 aromatic carbocycles. The van der Waals surface area contributed by atoms with Gasteiger partial charge < -0.3 is 5.11 Å². The number of ketones is 1. The van der Waals surface area contributed by atoms with Crippen molar-refractivity contribution in [3.8, 4) is 0 Å². The summed E-state index contributed by atoms with van der Waals surface area (Å²) in [6, 6.07) is 0.146. The predicted molar refractivity (Wildman–Crippen MR) is 43.3 cm³/mol. The Hall–Kier alpha value is -1.56. The van der Waals surface area contributed by atoms with Gasteiger partial charge in [0.1, 0.15) is 5.02 Å². The summed E-state index contributed by atoms with van der Waals surface area (Å²) < 4.78 is 38.3. The van der Waals surface area contributed by atoms with Crippen LogP contribution in [0.2, 0.25) is 5.02 Å². The topological polar surface area (TPSA) is 54.4 Å². The second kappa shape index (κ2) is 3.90. The van der Waals surface area contributed by atoms with E-state index < -0.39 is 39.8 Å². The molecule has 0 unspecified atom stereocenters. The lowest BCUT2D eigenvalue weighted by Gasteiger charge is -2.02. The highest BCUT2D eigenvalue weighted by Gasteiger charge is 2.25. The van der Waals surface area contributed by atoms with Gasteiger partial charge >= 0.3 is 5.97 Å². The van der Waals surface area contributed by atoms with Crippen molar-refractivity contribution in [3.63, 3.8) is 0 Å². The predicted octanol–water partition coefficient (Wildman–Crippen LogP) is 2.02. The van der Waals surface area contributed by atoms with Gasteiger partial charge in [-0.05, 0) is 6.07 Å². The van der Waals surface area contributed by atoms with Crippen LogP contribution in [-0.4, -0.2) is 16.9 Å². The standard InChI is InChI=1S/C8H2ClF3O3/c9-4-5(11)2(7(13)8(14)15)1-3(10)6(4)12/h1H,(H,14,15). The van der Waals surface area contributed by atoms with Crippen molar-refractivity contribution in [2.45, 2.75) is 0 Å². The molecule has 1 aromatic rings. The molecule has 1 rings (SSSR count). The second-order valence-electron chi connectivity index (χ2n) is 2.48. The minimum atomic E-state index is -1.99. The molecule has 0 bridgehead atoms. The molecule has 0 aliphatic heterocycles. The number of halogens is 4. The lowest BCUT2D eigenvalue weighted by molar-refractivity contribution is -0.131. The third-order valence-electron chi connectivity index (χ3n) is 1.54. The first-order valence-electron chi connectivity index (χ1n) is 3.47. The smallest absolute Gasteiger partial charge is 0.377 e. The Morgan fingerprint density at radius 1 is 1.20 bits per heavy atom. The number of carboxylic acid groups (broad SMARTS) is 1. The van der Waals surface area contributed by atoms with Gasteiger partial charge in [0.15, 0.2) is 17.5 Å². The quantitative estimate of drug-likeness (QED) is 0.371. The van der Waals surface area contributed by atoms with Crippen LogP contribution < -0.4 is 0 Å². The highest BCUT2D eigenvalue weighted by molar-refractivity contribution is 6.40. The molecule has 0 saturated carbocycles. The Labute approximate surface area is 86.1 Å². The first-order valence-corrected chi connectivity index (χ1v) is 3.84. The van der Waals surface area contributed by atoms with E-state index >= 15 is 0 Å². The number of carbonyl (C=O) groups is 2. The summed E-state index contributed by atoms with van der Waals surface area (Å²) in [6.07, 6.45) is 0. The molecule has 15 heavy (non-hydrogen) atoms. The first-order chi connectivity index (χ1) is 6.86. The minimum Gasteiger partial charge on any atom is -0.475 e. The number of rotatable bonds is 2. The molecule has 0 radical (unpaired) electrons. The van der Waals surface area contributed by atoms with Gasteiger partial charge in [0.25, 0.3) is 5.78 Å². The van der Waals surface area contributed by atoms with Gasteiger partial charge in [0.2, 0.25) is 0 Å². The van der Waals surface area contributed by atoms with E-state index in [9.17, 15) is 22.8 Å². The molecule has 0 amide bonds. The maximum Gasteiger partial charge on any atom is 0.377 e. The molecule has 7 heteroatoms. The number of benzene rings is 1. The van der Waals surface area contributed by atoms with Crippen molar-refractivity contribution < 1.29 is 27.9 Å². The van der Waals surface area contributed by atoms with Crippen LogP contribution in [0.15, 0.2) is 6.07 Å². The number of hydrogen-bond donors (Lipinski definition) is 1. The number of hydrogen-bond acceptors (Lipinski definition) is 2. The molecule has 0 heterocycles. The van der Waals surface area contributed by atoms with Crippen molar-refractivity contribution in [1.82, 2.24) is 0 Å². The van der Waals surface area contributed by atoms with E-state index in [2.05, 4.69) is 0 Å². The van der Waals surface area contributed by atoms with Crippen molar-refractivity contribution in [3.05, 3.63) is 34.1 Å². The molecule has 80 valence electrons. The van der Waals surface area contributed by atoms with Crippen LogP contribution in [0.1, 0.15) is 10.4 Å². The molecule has 0 atom stereocenters. The highest BCUT2D eigenvalue weighted by Crippen LogP contribution is 2.24. The fourth-order valence-corrected chi connectivity index (χ4v) is 1.05. The normalized spacial score (nSPS) is 10.1. The minimum absolute atomic E-state index is 0.146. The van der Waals surface area contributed by atoms with Crippen LogP contribution in [0.5, 0.6) is 0 Å². The summed E-state index contributed by atoms with van der Waals surface area (Å²) in [5.41, 5.74) is -1.12. The van der Waals surface area contributed by atoms with E-state index in [0.717, 1.165) is 0 Å². The maximum absolute atomic E-state index is 13.0. The van der Waals surface area contributed by atoms with Gasteiger partial charge in [-0.1, -0.05) is 11.6 Å². The van der Waals surface area contributed by atoms with Crippen LogP contribution in [0.4, 0.5) is 13.2 Å². The van der Waals surface area contributed by atoms with Gasteiger partial charge in [-0.15, -0.1) is 0 Å². The number of Topliss-reactive ketones (excluding diaryl/α,β-unsaturated/α-hetero) is 1. The molecule has 0 aliphatic carbocycles. The molecule has 0 spiro atoms. The molecule has 3 nitrogen and oxygen atoms in total. The highest BCUT2D eigenvalue weighted by atomic mass is 35.5. The van der Waals surface area contributed by atoms with Crippen molar-refractivity contribution in [2.75, 3.05) is 0 Å². The number of carbonyl (C=O) groups excluding carboxylic acids is 1. The van der Waals surface area contributed by atoms with Crippen molar-refractivity contribution >= 4 is 23.4 Å². The van der Waals surface area contributed by atoms with Crippen LogP contribution in [0.25, 0.3) is 0 Å². The van der Waals surface area contributed by atoms with Gasteiger partial charge in [0.05, 0.1) is 5.56 Å². The van der Waals surface area contributed by atoms with Gasteiger partial charge in [-0.3, -0.25) is 4.79 Å². The lowest BCUT2D eigenvalue weighted by atomic mass is 10.1. The van der Waals surface area contributed by atoms with Crippen LogP contribution >= 0.6 is 11.6 Å². The fourth-order valence-electron chi connectivity index (χ4n) is 0.853. The van der Waals surface area contributed by atoms with Crippen LogP contribution in [0.3, 0.4) is 0 Å². The zero-order valence-corrected chi connectivity index (χ0v) is 7.61. The SMILES string of the molecule is O=C(O)C(=O)c1cc(F)c(F)c(Cl)c1F. The van der Waals surface area contributed by atoms with Crippen molar-refractivity contribution in [1.29, 1.82) is 0 Å². The fraction of sp³-hybridized carbons (Fsp3) is 0. The largest absolute Gasteiger partial charge is 0.475 e. The average Bonchev–Trinajstić information content (AvgIpc) is 2.19. The number of carboxylic acids is 1. The Bertz CT molecular complexity index is 459. The summed E-state index contributed by atoms with van der Waals surface area (Å²) in [6.45, 7) is 0. The van der Waals surface area contributed by atoms with E-state index in [1.807, 2.05) is 0 Å². The summed E-state index contributed by atoms with van der Waals surface area (Å²) in [7, 11) is 0. The zero-order valence-electron chi connectivity index (χ0n) is 6.85. The van der Waals surface area contributed by atoms with Gasteiger partial charge in [-0.2, -0.15) is 0 Å². The molecular formula is C8H2ClF3O3.